The highest BCUT2D eigenvalue weighted by molar-refractivity contribution is 6.80. The Kier molecular flexibility index (Phi) is 3.08. The van der Waals surface area contributed by atoms with E-state index in [0.29, 0.717) is 5.56 Å². The molecule has 0 fully saturated rings. The Morgan fingerprint density at radius 2 is 2.00 bits per heavy atom. The Morgan fingerprint density at radius 1 is 1.31 bits per heavy atom. The third-order valence-corrected chi connectivity index (χ3v) is 2.63. The number of ketones is 1. The van der Waals surface area contributed by atoms with Crippen molar-refractivity contribution in [2.45, 2.75) is 11.5 Å². The van der Waals surface area contributed by atoms with Crippen molar-refractivity contribution in [2.24, 2.45) is 9.98 Å². The van der Waals surface area contributed by atoms with E-state index in [0.717, 1.165) is 0 Å². The van der Waals surface area contributed by atoms with E-state index in [4.69, 9.17) is 23.2 Å². The molecule has 2 rings (SSSR count). The summed E-state index contributed by atoms with van der Waals surface area (Å²) in [6, 6.07) is 8.89. The molecule has 0 aliphatic carbocycles. The summed E-state index contributed by atoms with van der Waals surface area (Å²) in [7, 11) is 0. The Balaban J connectivity index is 2.13. The van der Waals surface area contributed by atoms with Crippen molar-refractivity contribution in [3.8, 4) is 0 Å². The first kappa shape index (κ1) is 11.3. The van der Waals surface area contributed by atoms with E-state index < -0.39 is 5.12 Å². The zero-order chi connectivity index (χ0) is 11.6. The summed E-state index contributed by atoms with van der Waals surface area (Å²) in [5.41, 5.74) is 0.593. The van der Waals surface area contributed by atoms with E-state index in [2.05, 4.69) is 9.98 Å². The van der Waals surface area contributed by atoms with Gasteiger partial charge < -0.3 is 0 Å². The molecule has 1 aromatic rings. The number of Topliss-reactive ketones (excluding diaryl/α,β-unsaturated/α-hetero) is 1. The van der Waals surface area contributed by atoms with Crippen LogP contribution in [0.5, 0.6) is 0 Å². The number of carbonyl (C=O) groups excluding carboxylic acids is 1. The highest BCUT2D eigenvalue weighted by atomic mass is 35.5. The number of hydrogen-bond donors (Lipinski definition) is 0. The highest BCUT2D eigenvalue weighted by Crippen LogP contribution is 2.29. The van der Waals surface area contributed by atoms with E-state index in [1.54, 1.807) is 24.3 Å². The predicted octanol–water partition coefficient (Wildman–Crippen LogP) is 2.87. The molecule has 0 N–H and O–H groups in total. The maximum atomic E-state index is 11.8. The van der Waals surface area contributed by atoms with Crippen molar-refractivity contribution in [3.05, 3.63) is 35.9 Å². The average molecular weight is 255 g/mol. The van der Waals surface area contributed by atoms with Crippen LogP contribution in [0.2, 0.25) is 0 Å². The molecular formula is C11H8Cl2N2O. The van der Waals surface area contributed by atoms with Crippen LogP contribution in [0.3, 0.4) is 0 Å². The highest BCUT2D eigenvalue weighted by Gasteiger charge is 2.32. The second kappa shape index (κ2) is 4.36. The van der Waals surface area contributed by atoms with Crippen molar-refractivity contribution in [1.82, 2.24) is 0 Å². The number of alkyl halides is 1. The Bertz CT molecular complexity index is 470. The van der Waals surface area contributed by atoms with E-state index in [9.17, 15) is 4.79 Å². The number of carbonyl (C=O) groups is 1. The Hall–Kier alpha value is -1.19. The second-order valence-electron chi connectivity index (χ2n) is 3.38. The van der Waals surface area contributed by atoms with Gasteiger partial charge in [0.15, 0.2) is 5.78 Å². The molecule has 3 nitrogen and oxygen atoms in total. The summed E-state index contributed by atoms with van der Waals surface area (Å²) in [6.07, 6.45) is 1.36. The molecule has 16 heavy (non-hydrogen) atoms. The SMILES string of the molecule is O=C(CC1(Cl)N=CC(Cl)=N1)c1ccccc1. The zero-order valence-corrected chi connectivity index (χ0v) is 9.74. The van der Waals surface area contributed by atoms with Gasteiger partial charge in [0.25, 0.3) is 0 Å². The van der Waals surface area contributed by atoms with Gasteiger partial charge in [0.2, 0.25) is 5.12 Å². The standard InChI is InChI=1S/C11H8Cl2N2O/c12-10-7-14-11(13,15-10)6-9(16)8-4-2-1-3-5-8/h1-5,7H,6H2. The van der Waals surface area contributed by atoms with Gasteiger partial charge >= 0.3 is 0 Å². The van der Waals surface area contributed by atoms with Crippen molar-refractivity contribution >= 4 is 40.4 Å². The number of nitrogens with zero attached hydrogens (tertiary/aromatic N) is 2. The number of aliphatic imine (C=N–C) groups is 2. The summed E-state index contributed by atoms with van der Waals surface area (Å²) >= 11 is 11.7. The van der Waals surface area contributed by atoms with Gasteiger partial charge in [-0.05, 0) is 0 Å². The van der Waals surface area contributed by atoms with Crippen LogP contribution in [-0.2, 0) is 0 Å². The fourth-order valence-electron chi connectivity index (χ4n) is 1.39. The van der Waals surface area contributed by atoms with Gasteiger partial charge in [-0.15, -0.1) is 0 Å². The third-order valence-electron chi connectivity index (χ3n) is 2.13. The predicted molar refractivity (Wildman–Crippen MR) is 65.8 cm³/mol. The monoisotopic (exact) mass is 254 g/mol. The molecule has 0 saturated heterocycles. The largest absolute Gasteiger partial charge is 0.294 e. The van der Waals surface area contributed by atoms with Gasteiger partial charge in [-0.3, -0.25) is 4.79 Å². The lowest BCUT2D eigenvalue weighted by atomic mass is 10.1. The van der Waals surface area contributed by atoms with Gasteiger partial charge in [0.05, 0.1) is 12.6 Å². The topological polar surface area (TPSA) is 41.8 Å². The first-order valence-corrected chi connectivity index (χ1v) is 5.42. The molecule has 82 valence electrons. The van der Waals surface area contributed by atoms with Crippen LogP contribution in [0.15, 0.2) is 40.3 Å². The minimum absolute atomic E-state index is 0.00525. The van der Waals surface area contributed by atoms with Gasteiger partial charge in [-0.2, -0.15) is 0 Å². The van der Waals surface area contributed by atoms with E-state index in [-0.39, 0.29) is 17.4 Å². The molecule has 0 bridgehead atoms. The van der Waals surface area contributed by atoms with Crippen LogP contribution in [-0.4, -0.2) is 22.3 Å². The molecule has 1 unspecified atom stereocenters. The molecular weight excluding hydrogens is 247 g/mol. The quantitative estimate of drug-likeness (QED) is 0.465. The molecule has 1 heterocycles. The molecule has 1 aromatic carbocycles. The van der Waals surface area contributed by atoms with Gasteiger partial charge in [-0.1, -0.05) is 53.5 Å². The molecule has 0 spiro atoms. The van der Waals surface area contributed by atoms with Crippen LogP contribution >= 0.6 is 23.2 Å². The van der Waals surface area contributed by atoms with Gasteiger partial charge in [0.1, 0.15) is 5.17 Å². The molecule has 0 radical (unpaired) electrons. The van der Waals surface area contributed by atoms with Gasteiger partial charge in [0, 0.05) is 5.56 Å². The van der Waals surface area contributed by atoms with Crippen molar-refractivity contribution in [3.63, 3.8) is 0 Å². The number of benzene rings is 1. The van der Waals surface area contributed by atoms with E-state index in [1.165, 1.54) is 6.21 Å². The fourth-order valence-corrected chi connectivity index (χ4v) is 1.88. The van der Waals surface area contributed by atoms with Gasteiger partial charge in [-0.25, -0.2) is 9.98 Å². The minimum Gasteiger partial charge on any atom is -0.294 e. The van der Waals surface area contributed by atoms with E-state index in [1.807, 2.05) is 6.07 Å². The lowest BCUT2D eigenvalue weighted by molar-refractivity contribution is 0.0970. The number of halogens is 2. The maximum absolute atomic E-state index is 11.8. The Morgan fingerprint density at radius 3 is 2.56 bits per heavy atom. The smallest absolute Gasteiger partial charge is 0.234 e. The molecule has 0 saturated carbocycles. The molecule has 1 aliphatic rings. The maximum Gasteiger partial charge on any atom is 0.234 e. The van der Waals surface area contributed by atoms with Crippen molar-refractivity contribution < 1.29 is 4.79 Å². The zero-order valence-electron chi connectivity index (χ0n) is 8.23. The summed E-state index contributed by atoms with van der Waals surface area (Å²) in [4.78, 5) is 19.6. The normalized spacial score (nSPS) is 23.2. The summed E-state index contributed by atoms with van der Waals surface area (Å²) in [6.45, 7) is 0. The fraction of sp³-hybridized carbons (Fsp3) is 0.182. The van der Waals surface area contributed by atoms with Crippen molar-refractivity contribution in [1.29, 1.82) is 0 Å². The van der Waals surface area contributed by atoms with Crippen LogP contribution < -0.4 is 0 Å². The number of hydrogen-bond acceptors (Lipinski definition) is 3. The van der Waals surface area contributed by atoms with Crippen LogP contribution in [0, 0.1) is 0 Å². The second-order valence-corrected chi connectivity index (χ2v) is 4.37. The molecule has 1 aliphatic heterocycles. The summed E-state index contributed by atoms with van der Waals surface area (Å²) in [5.74, 6) is -0.108. The minimum atomic E-state index is -1.26. The molecule has 0 aromatic heterocycles. The third kappa shape index (κ3) is 2.49. The van der Waals surface area contributed by atoms with E-state index >= 15 is 0 Å². The van der Waals surface area contributed by atoms with Crippen molar-refractivity contribution in [2.75, 3.05) is 0 Å². The Labute approximate surface area is 103 Å². The summed E-state index contributed by atoms with van der Waals surface area (Å²) < 4.78 is 0. The van der Waals surface area contributed by atoms with Crippen LogP contribution in [0.1, 0.15) is 16.8 Å². The lowest BCUT2D eigenvalue weighted by Gasteiger charge is -2.12. The molecule has 1 atom stereocenters. The average Bonchev–Trinajstić information content (AvgIpc) is 2.59. The summed E-state index contributed by atoms with van der Waals surface area (Å²) in [5, 5.41) is -1.04. The number of rotatable bonds is 3. The first-order chi connectivity index (χ1) is 7.59. The molecule has 0 amide bonds. The first-order valence-electron chi connectivity index (χ1n) is 4.67. The molecule has 5 heteroatoms. The van der Waals surface area contributed by atoms with Crippen LogP contribution in [0.4, 0.5) is 0 Å². The lowest BCUT2D eigenvalue weighted by Crippen LogP contribution is -2.18. The van der Waals surface area contributed by atoms with Crippen LogP contribution in [0.25, 0.3) is 0 Å².